The van der Waals surface area contributed by atoms with Crippen molar-refractivity contribution >= 4 is 5.95 Å². The van der Waals surface area contributed by atoms with Crippen LogP contribution in [0.15, 0.2) is 23.0 Å². The van der Waals surface area contributed by atoms with Gasteiger partial charge in [0.15, 0.2) is 0 Å². The van der Waals surface area contributed by atoms with Crippen molar-refractivity contribution in [2.45, 2.75) is 20.4 Å². The van der Waals surface area contributed by atoms with Gasteiger partial charge in [0, 0.05) is 50.7 Å². The van der Waals surface area contributed by atoms with E-state index in [1.54, 1.807) is 0 Å². The van der Waals surface area contributed by atoms with E-state index in [9.17, 15) is 0 Å². The van der Waals surface area contributed by atoms with Crippen molar-refractivity contribution in [1.82, 2.24) is 20.0 Å². The molecule has 22 heavy (non-hydrogen) atoms. The molecule has 4 rings (SSSR count). The first kappa shape index (κ1) is 13.7. The summed E-state index contributed by atoms with van der Waals surface area (Å²) in [6.07, 6.45) is 3.64. The van der Waals surface area contributed by atoms with Gasteiger partial charge < -0.3 is 9.42 Å². The molecule has 0 aromatic carbocycles. The molecular weight excluding hydrogens is 278 g/mol. The Labute approximate surface area is 130 Å². The molecule has 2 aliphatic heterocycles. The fourth-order valence-corrected chi connectivity index (χ4v) is 3.79. The van der Waals surface area contributed by atoms with E-state index in [0.29, 0.717) is 11.8 Å². The standard InChI is InChI=1S/C16H21N5O/c1-11-15(12(2)22-19-11)10-20-6-13-8-21(9-14(13)7-20)16-17-4-3-5-18-16/h3-5,13-14H,6-10H2,1-2H3/t13-,14+. The third-order valence-electron chi connectivity index (χ3n) is 4.96. The van der Waals surface area contributed by atoms with Crippen LogP contribution in [0.2, 0.25) is 0 Å². The van der Waals surface area contributed by atoms with Crippen molar-refractivity contribution in [1.29, 1.82) is 0 Å². The number of hydrogen-bond acceptors (Lipinski definition) is 6. The van der Waals surface area contributed by atoms with Gasteiger partial charge in [0.2, 0.25) is 5.95 Å². The quantitative estimate of drug-likeness (QED) is 0.859. The molecule has 0 radical (unpaired) electrons. The maximum atomic E-state index is 5.27. The van der Waals surface area contributed by atoms with E-state index < -0.39 is 0 Å². The average molecular weight is 299 g/mol. The number of aryl methyl sites for hydroxylation is 2. The largest absolute Gasteiger partial charge is 0.361 e. The fraction of sp³-hybridized carbons (Fsp3) is 0.562. The summed E-state index contributed by atoms with van der Waals surface area (Å²) in [5.74, 6) is 3.25. The van der Waals surface area contributed by atoms with Crippen LogP contribution < -0.4 is 4.90 Å². The lowest BCUT2D eigenvalue weighted by Crippen LogP contribution is -2.29. The highest BCUT2D eigenvalue weighted by molar-refractivity contribution is 5.32. The van der Waals surface area contributed by atoms with E-state index in [1.165, 1.54) is 5.56 Å². The summed E-state index contributed by atoms with van der Waals surface area (Å²) in [5.41, 5.74) is 2.28. The number of anilines is 1. The van der Waals surface area contributed by atoms with Crippen molar-refractivity contribution in [2.24, 2.45) is 11.8 Å². The Balaban J connectivity index is 1.40. The van der Waals surface area contributed by atoms with Gasteiger partial charge in [-0.05, 0) is 31.7 Å². The van der Waals surface area contributed by atoms with Gasteiger partial charge in [-0.25, -0.2) is 9.97 Å². The summed E-state index contributed by atoms with van der Waals surface area (Å²) >= 11 is 0. The molecule has 116 valence electrons. The zero-order valence-electron chi connectivity index (χ0n) is 13.1. The van der Waals surface area contributed by atoms with Crippen LogP contribution in [0.4, 0.5) is 5.95 Å². The molecule has 2 saturated heterocycles. The van der Waals surface area contributed by atoms with Crippen molar-refractivity contribution in [3.05, 3.63) is 35.5 Å². The molecule has 2 aromatic heterocycles. The van der Waals surface area contributed by atoms with Crippen molar-refractivity contribution in [2.75, 3.05) is 31.1 Å². The number of rotatable bonds is 3. The van der Waals surface area contributed by atoms with Crippen LogP contribution in [0.25, 0.3) is 0 Å². The average Bonchev–Trinajstić information content (AvgIpc) is 3.17. The van der Waals surface area contributed by atoms with Crippen LogP contribution in [0.3, 0.4) is 0 Å². The van der Waals surface area contributed by atoms with Gasteiger partial charge in [-0.3, -0.25) is 4.90 Å². The van der Waals surface area contributed by atoms with Crippen LogP contribution in [-0.2, 0) is 6.54 Å². The Kier molecular flexibility index (Phi) is 3.33. The second kappa shape index (κ2) is 5.35. The fourth-order valence-electron chi connectivity index (χ4n) is 3.79. The van der Waals surface area contributed by atoms with E-state index in [1.807, 2.05) is 32.3 Å². The van der Waals surface area contributed by atoms with Crippen LogP contribution in [-0.4, -0.2) is 46.2 Å². The number of aromatic nitrogens is 3. The SMILES string of the molecule is Cc1noc(C)c1CN1C[C@@H]2CN(c3ncccn3)C[C@@H]2C1. The molecule has 6 heteroatoms. The molecule has 0 spiro atoms. The second-order valence-corrected chi connectivity index (χ2v) is 6.47. The molecule has 0 N–H and O–H groups in total. The summed E-state index contributed by atoms with van der Waals surface area (Å²) in [6, 6.07) is 1.87. The monoisotopic (exact) mass is 299 g/mol. The molecule has 0 bridgehead atoms. The molecule has 2 atom stereocenters. The van der Waals surface area contributed by atoms with Crippen LogP contribution in [0, 0.1) is 25.7 Å². The Morgan fingerprint density at radius 1 is 1.09 bits per heavy atom. The maximum Gasteiger partial charge on any atom is 0.225 e. The van der Waals surface area contributed by atoms with Crippen molar-refractivity contribution < 1.29 is 4.52 Å². The molecule has 0 amide bonds. The molecule has 0 aliphatic carbocycles. The molecule has 0 saturated carbocycles. The third kappa shape index (κ3) is 2.37. The van der Waals surface area contributed by atoms with Gasteiger partial charge in [-0.15, -0.1) is 0 Å². The highest BCUT2D eigenvalue weighted by atomic mass is 16.5. The van der Waals surface area contributed by atoms with Crippen molar-refractivity contribution in [3.8, 4) is 0 Å². The van der Waals surface area contributed by atoms with E-state index in [-0.39, 0.29) is 0 Å². The molecule has 2 fully saturated rings. The lowest BCUT2D eigenvalue weighted by Gasteiger charge is -2.21. The number of hydrogen-bond donors (Lipinski definition) is 0. The van der Waals surface area contributed by atoms with E-state index in [4.69, 9.17) is 4.52 Å². The summed E-state index contributed by atoms with van der Waals surface area (Å²) in [7, 11) is 0. The molecular formula is C16H21N5O. The van der Waals surface area contributed by atoms with Gasteiger partial charge in [-0.1, -0.05) is 5.16 Å². The predicted molar refractivity (Wildman–Crippen MR) is 82.5 cm³/mol. The lowest BCUT2D eigenvalue weighted by molar-refractivity contribution is 0.305. The van der Waals surface area contributed by atoms with Gasteiger partial charge >= 0.3 is 0 Å². The van der Waals surface area contributed by atoms with Crippen LogP contribution in [0.5, 0.6) is 0 Å². The molecule has 2 aliphatic rings. The van der Waals surface area contributed by atoms with Gasteiger partial charge in [0.25, 0.3) is 0 Å². The number of nitrogens with zero attached hydrogens (tertiary/aromatic N) is 5. The Hall–Kier alpha value is -1.95. The van der Waals surface area contributed by atoms with Crippen LogP contribution in [0.1, 0.15) is 17.0 Å². The Morgan fingerprint density at radius 3 is 2.36 bits per heavy atom. The van der Waals surface area contributed by atoms with E-state index in [0.717, 1.165) is 50.1 Å². The highest BCUT2D eigenvalue weighted by Gasteiger charge is 2.40. The summed E-state index contributed by atoms with van der Waals surface area (Å²) < 4.78 is 5.27. The third-order valence-corrected chi connectivity index (χ3v) is 4.96. The molecule has 0 unspecified atom stereocenters. The first-order valence-corrected chi connectivity index (χ1v) is 7.87. The first-order valence-electron chi connectivity index (χ1n) is 7.87. The first-order chi connectivity index (χ1) is 10.7. The van der Waals surface area contributed by atoms with E-state index in [2.05, 4.69) is 24.9 Å². The number of likely N-dealkylation sites (tertiary alicyclic amines) is 1. The van der Waals surface area contributed by atoms with Crippen molar-refractivity contribution in [3.63, 3.8) is 0 Å². The van der Waals surface area contributed by atoms with Gasteiger partial charge in [0.1, 0.15) is 5.76 Å². The Bertz CT molecular complexity index is 622. The summed E-state index contributed by atoms with van der Waals surface area (Å²) in [6.45, 7) is 9.38. The zero-order valence-corrected chi connectivity index (χ0v) is 13.1. The van der Waals surface area contributed by atoms with Crippen LogP contribution >= 0.6 is 0 Å². The minimum Gasteiger partial charge on any atom is -0.361 e. The minimum atomic E-state index is 0.712. The molecule has 6 nitrogen and oxygen atoms in total. The Morgan fingerprint density at radius 2 is 1.77 bits per heavy atom. The molecule has 2 aromatic rings. The van der Waals surface area contributed by atoms with E-state index >= 15 is 0 Å². The minimum absolute atomic E-state index is 0.712. The van der Waals surface area contributed by atoms with Gasteiger partial charge in [0.05, 0.1) is 5.69 Å². The maximum absolute atomic E-state index is 5.27. The molecule has 4 heterocycles. The normalized spacial score (nSPS) is 24.9. The predicted octanol–water partition coefficient (Wildman–Crippen LogP) is 1.65. The zero-order chi connectivity index (χ0) is 15.1. The second-order valence-electron chi connectivity index (χ2n) is 6.47. The lowest BCUT2D eigenvalue weighted by atomic mass is 10.0. The summed E-state index contributed by atoms with van der Waals surface area (Å²) in [4.78, 5) is 13.6. The summed E-state index contributed by atoms with van der Waals surface area (Å²) in [5, 5.41) is 4.06. The smallest absolute Gasteiger partial charge is 0.225 e. The topological polar surface area (TPSA) is 58.3 Å². The number of fused-ring (bicyclic) bond motifs is 1. The highest BCUT2D eigenvalue weighted by Crippen LogP contribution is 2.33. The van der Waals surface area contributed by atoms with Gasteiger partial charge in [-0.2, -0.15) is 0 Å².